The Hall–Kier alpha value is -1.90. The van der Waals surface area contributed by atoms with Gasteiger partial charge in [0.2, 0.25) is 0 Å². The van der Waals surface area contributed by atoms with Crippen LogP contribution in [0.1, 0.15) is 60.8 Å². The molecule has 3 aromatic rings. The van der Waals surface area contributed by atoms with Crippen molar-refractivity contribution in [1.29, 1.82) is 0 Å². The van der Waals surface area contributed by atoms with Crippen molar-refractivity contribution in [3.8, 4) is 10.4 Å². The first-order valence-electron chi connectivity index (χ1n) is 9.95. The molecule has 0 saturated heterocycles. The molecule has 0 bridgehead atoms. The first kappa shape index (κ1) is 18.1. The van der Waals surface area contributed by atoms with Crippen LogP contribution in [0.4, 0.5) is 0 Å². The summed E-state index contributed by atoms with van der Waals surface area (Å²) in [5.41, 5.74) is 10.2. The molecule has 0 spiro atoms. The van der Waals surface area contributed by atoms with Gasteiger partial charge in [-0.15, -0.1) is 11.3 Å². The van der Waals surface area contributed by atoms with Gasteiger partial charge in [-0.3, -0.25) is 0 Å². The molecule has 0 aliphatic heterocycles. The largest absolute Gasteiger partial charge is 0.144 e. The summed E-state index contributed by atoms with van der Waals surface area (Å²) in [6, 6.07) is 17.9. The minimum Gasteiger partial charge on any atom is -0.144 e. The van der Waals surface area contributed by atoms with Gasteiger partial charge in [0.05, 0.1) is 0 Å². The molecule has 5 rings (SSSR count). The Labute approximate surface area is 179 Å². The number of benzene rings is 2. The fraction of sp³-hybridized carbons (Fsp3) is 0.231. The molecule has 0 N–H and O–H groups in total. The van der Waals surface area contributed by atoms with E-state index in [0.717, 1.165) is 0 Å². The summed E-state index contributed by atoms with van der Waals surface area (Å²) in [5, 5.41) is 2.17. The van der Waals surface area contributed by atoms with Crippen LogP contribution in [0.3, 0.4) is 0 Å². The number of hydrogen-bond donors (Lipinski definition) is 0. The monoisotopic (exact) mass is 446 g/mol. The highest BCUT2D eigenvalue weighted by Gasteiger charge is 2.28. The second kappa shape index (κ2) is 7.17. The lowest BCUT2D eigenvalue weighted by molar-refractivity contribution is 0.611. The zero-order chi connectivity index (χ0) is 19.3. The van der Waals surface area contributed by atoms with Gasteiger partial charge >= 0.3 is 0 Å². The molecule has 2 atom stereocenters. The van der Waals surface area contributed by atoms with Crippen LogP contribution >= 0.6 is 27.3 Å². The molecule has 0 radical (unpaired) electrons. The molecule has 1 heterocycles. The van der Waals surface area contributed by atoms with Crippen molar-refractivity contribution in [1.82, 2.24) is 0 Å². The van der Waals surface area contributed by atoms with Gasteiger partial charge in [-0.1, -0.05) is 75.6 Å². The van der Waals surface area contributed by atoms with Crippen LogP contribution in [0, 0.1) is 0 Å². The molecular formula is C26H23BrS. The van der Waals surface area contributed by atoms with Gasteiger partial charge in [-0.05, 0) is 72.0 Å². The van der Waals surface area contributed by atoms with Gasteiger partial charge in [-0.25, -0.2) is 0 Å². The second-order valence-corrected chi connectivity index (χ2v) is 9.79. The lowest BCUT2D eigenvalue weighted by Gasteiger charge is -2.20. The topological polar surface area (TPSA) is 0 Å². The van der Waals surface area contributed by atoms with Crippen molar-refractivity contribution in [2.75, 3.05) is 0 Å². The van der Waals surface area contributed by atoms with Crippen LogP contribution in [-0.4, -0.2) is 0 Å². The maximum atomic E-state index is 3.72. The fourth-order valence-corrected chi connectivity index (χ4v) is 6.21. The van der Waals surface area contributed by atoms with Crippen LogP contribution in [0.5, 0.6) is 0 Å². The highest BCUT2D eigenvalue weighted by molar-refractivity contribution is 9.10. The summed E-state index contributed by atoms with van der Waals surface area (Å²) < 4.78 is 1.22. The highest BCUT2D eigenvalue weighted by Crippen LogP contribution is 2.47. The van der Waals surface area contributed by atoms with E-state index in [4.69, 9.17) is 0 Å². The predicted molar refractivity (Wildman–Crippen MR) is 126 cm³/mol. The zero-order valence-electron chi connectivity index (χ0n) is 16.2. The zero-order valence-corrected chi connectivity index (χ0v) is 18.6. The Kier molecular flexibility index (Phi) is 4.65. The Morgan fingerprint density at radius 3 is 2.11 bits per heavy atom. The van der Waals surface area contributed by atoms with E-state index in [9.17, 15) is 0 Å². The molecule has 1 aromatic heterocycles. The number of allylic oxidation sites excluding steroid dienone is 2. The molecule has 2 heteroatoms. The van der Waals surface area contributed by atoms with E-state index in [1.165, 1.54) is 61.2 Å². The second-order valence-electron chi connectivity index (χ2n) is 7.99. The van der Waals surface area contributed by atoms with Crippen molar-refractivity contribution < 1.29 is 0 Å². The Morgan fingerprint density at radius 1 is 0.786 bits per heavy atom. The first-order chi connectivity index (χ1) is 13.6. The van der Waals surface area contributed by atoms with Crippen molar-refractivity contribution in [3.63, 3.8) is 0 Å². The third-order valence-corrected chi connectivity index (χ3v) is 7.95. The summed E-state index contributed by atoms with van der Waals surface area (Å²) in [4.78, 5) is 1.37. The lowest BCUT2D eigenvalue weighted by atomic mass is 9.84. The smallest absolute Gasteiger partial charge is 0.0348 e. The Bertz CT molecular complexity index is 1100. The summed E-state index contributed by atoms with van der Waals surface area (Å²) >= 11 is 5.56. The number of hydrogen-bond acceptors (Lipinski definition) is 1. The van der Waals surface area contributed by atoms with Gasteiger partial charge in [0.15, 0.2) is 0 Å². The van der Waals surface area contributed by atoms with E-state index in [1.54, 1.807) is 0 Å². The maximum absolute atomic E-state index is 3.72. The van der Waals surface area contributed by atoms with E-state index in [1.807, 2.05) is 11.3 Å². The first-order valence-corrected chi connectivity index (χ1v) is 11.6. The van der Waals surface area contributed by atoms with Crippen molar-refractivity contribution >= 4 is 39.4 Å². The van der Waals surface area contributed by atoms with Crippen LogP contribution in [-0.2, 0) is 0 Å². The SMILES string of the molecule is CC1=Cc2c(Br)cccc2C1CCC1C(C)=Cc2c(-c3cccs3)cccc21. The normalized spacial score (nSPS) is 20.0. The quantitative estimate of drug-likeness (QED) is 0.375. The molecule has 28 heavy (non-hydrogen) atoms. The van der Waals surface area contributed by atoms with Crippen molar-refractivity contribution in [2.24, 2.45) is 0 Å². The average Bonchev–Trinajstić information content (AvgIpc) is 3.39. The van der Waals surface area contributed by atoms with Gasteiger partial charge in [0.1, 0.15) is 0 Å². The number of rotatable bonds is 4. The maximum Gasteiger partial charge on any atom is 0.0348 e. The molecule has 0 amide bonds. The van der Waals surface area contributed by atoms with Gasteiger partial charge in [0, 0.05) is 21.2 Å². The van der Waals surface area contributed by atoms with E-state index >= 15 is 0 Å². The third-order valence-electron chi connectivity index (χ3n) is 6.35. The van der Waals surface area contributed by atoms with E-state index < -0.39 is 0 Å². The van der Waals surface area contributed by atoms with Crippen molar-refractivity contribution in [3.05, 3.63) is 91.8 Å². The molecule has 2 aliphatic rings. The van der Waals surface area contributed by atoms with Crippen molar-refractivity contribution in [2.45, 2.75) is 38.5 Å². The number of halogens is 1. The van der Waals surface area contributed by atoms with E-state index in [0.29, 0.717) is 11.8 Å². The fourth-order valence-electron chi connectivity index (χ4n) is 4.95. The van der Waals surface area contributed by atoms with Crippen LogP contribution in [0.25, 0.3) is 22.6 Å². The minimum atomic E-state index is 0.541. The van der Waals surface area contributed by atoms with Crippen LogP contribution in [0.2, 0.25) is 0 Å². The lowest BCUT2D eigenvalue weighted by Crippen LogP contribution is -2.03. The third kappa shape index (κ3) is 2.94. The van der Waals surface area contributed by atoms with E-state index in [2.05, 4.69) is 95.8 Å². The van der Waals surface area contributed by atoms with Gasteiger partial charge < -0.3 is 0 Å². The van der Waals surface area contributed by atoms with Crippen LogP contribution in [0.15, 0.2) is 69.5 Å². The summed E-state index contributed by atoms with van der Waals surface area (Å²) in [7, 11) is 0. The molecular weight excluding hydrogens is 424 g/mol. The molecule has 2 aliphatic carbocycles. The number of thiophene rings is 1. The molecule has 2 aromatic carbocycles. The highest BCUT2D eigenvalue weighted by atomic mass is 79.9. The molecule has 0 fully saturated rings. The minimum absolute atomic E-state index is 0.541. The summed E-state index contributed by atoms with van der Waals surface area (Å²) in [6.45, 7) is 4.60. The van der Waals surface area contributed by atoms with Gasteiger partial charge in [-0.2, -0.15) is 0 Å². The van der Waals surface area contributed by atoms with Crippen LogP contribution < -0.4 is 0 Å². The average molecular weight is 447 g/mol. The standard InChI is InChI=1S/C26H23BrS/c1-16-14-23-20(6-3-8-22(23)26-10-5-13-28-26)18(16)11-12-19-17(2)15-24-21(19)7-4-9-25(24)27/h3-10,13-15,18-19H,11-12H2,1-2H3. The summed E-state index contributed by atoms with van der Waals surface area (Å²) in [6.07, 6.45) is 7.19. The molecule has 0 nitrogen and oxygen atoms in total. The van der Waals surface area contributed by atoms with E-state index in [-0.39, 0.29) is 0 Å². The molecule has 0 saturated carbocycles. The Balaban J connectivity index is 1.42. The van der Waals surface area contributed by atoms with Gasteiger partial charge in [0.25, 0.3) is 0 Å². The molecule has 2 unspecified atom stereocenters. The summed E-state index contributed by atoms with van der Waals surface area (Å²) in [5.74, 6) is 1.09. The molecule has 140 valence electrons. The Morgan fingerprint density at radius 2 is 1.43 bits per heavy atom. The number of fused-ring (bicyclic) bond motifs is 2. The predicted octanol–water partition coefficient (Wildman–Crippen LogP) is 8.66.